The van der Waals surface area contributed by atoms with Crippen LogP contribution < -0.4 is 5.32 Å². The highest BCUT2D eigenvalue weighted by Crippen LogP contribution is 2.36. The molecule has 0 aromatic heterocycles. The molecule has 0 heterocycles. The fourth-order valence-corrected chi connectivity index (χ4v) is 3.15. The molecule has 1 fully saturated rings. The molecule has 2 rings (SSSR count). The van der Waals surface area contributed by atoms with E-state index in [4.69, 9.17) is 0 Å². The third-order valence-corrected chi connectivity index (χ3v) is 4.18. The molecule has 19 heavy (non-hydrogen) atoms. The smallest absolute Gasteiger partial charge is 0.101 e. The van der Waals surface area contributed by atoms with Crippen molar-refractivity contribution in [3.63, 3.8) is 0 Å². The molecule has 1 aromatic carbocycles. The normalized spacial score (nSPS) is 26.7. The van der Waals surface area contributed by atoms with Gasteiger partial charge in [-0.1, -0.05) is 31.9 Å². The second kappa shape index (κ2) is 5.63. The van der Waals surface area contributed by atoms with Crippen molar-refractivity contribution in [1.82, 2.24) is 0 Å². The molecule has 2 atom stereocenters. The lowest BCUT2D eigenvalue weighted by molar-refractivity contribution is 0.149. The van der Waals surface area contributed by atoms with E-state index >= 15 is 0 Å². The molecular formula is C16H22N2O. The van der Waals surface area contributed by atoms with Gasteiger partial charge in [0.05, 0.1) is 23.4 Å². The first-order valence-electron chi connectivity index (χ1n) is 6.99. The SMILES string of the molecule is Cc1cccc(C#N)c1NC1(CO)CCCC(C)C1. The Morgan fingerprint density at radius 3 is 2.95 bits per heavy atom. The lowest BCUT2D eigenvalue weighted by atomic mass is 9.76. The monoisotopic (exact) mass is 258 g/mol. The maximum absolute atomic E-state index is 9.83. The summed E-state index contributed by atoms with van der Waals surface area (Å²) in [5.41, 5.74) is 2.33. The fourth-order valence-electron chi connectivity index (χ4n) is 3.15. The maximum Gasteiger partial charge on any atom is 0.101 e. The highest BCUT2D eigenvalue weighted by atomic mass is 16.3. The molecule has 0 bridgehead atoms. The molecule has 1 aliphatic carbocycles. The van der Waals surface area contributed by atoms with Gasteiger partial charge in [-0.2, -0.15) is 5.26 Å². The van der Waals surface area contributed by atoms with Gasteiger partial charge in [-0.15, -0.1) is 0 Å². The predicted molar refractivity (Wildman–Crippen MR) is 77.0 cm³/mol. The summed E-state index contributed by atoms with van der Waals surface area (Å²) in [6.07, 6.45) is 4.28. The standard InChI is InChI=1S/C16H22N2O/c1-12-5-4-8-16(9-12,11-19)18-15-13(2)6-3-7-14(15)10-17/h3,6-7,12,18-19H,4-5,8-9,11H2,1-2H3. The number of anilines is 1. The van der Waals surface area contributed by atoms with Crippen LogP contribution in [0.4, 0.5) is 5.69 Å². The van der Waals surface area contributed by atoms with Crippen molar-refractivity contribution in [2.45, 2.75) is 45.1 Å². The number of para-hydroxylation sites is 1. The molecule has 1 saturated carbocycles. The first kappa shape index (κ1) is 13.9. The van der Waals surface area contributed by atoms with Crippen LogP contribution in [0.5, 0.6) is 0 Å². The second-order valence-electron chi connectivity index (χ2n) is 5.87. The van der Waals surface area contributed by atoms with E-state index in [1.807, 2.05) is 25.1 Å². The van der Waals surface area contributed by atoms with Crippen molar-refractivity contribution in [1.29, 1.82) is 5.26 Å². The number of benzene rings is 1. The van der Waals surface area contributed by atoms with Crippen molar-refractivity contribution >= 4 is 5.69 Å². The van der Waals surface area contributed by atoms with Gasteiger partial charge in [0.15, 0.2) is 0 Å². The molecule has 2 unspecified atom stereocenters. The predicted octanol–water partition coefficient (Wildman–Crippen LogP) is 3.22. The van der Waals surface area contributed by atoms with Crippen molar-refractivity contribution in [3.05, 3.63) is 29.3 Å². The Bertz CT molecular complexity index is 492. The Kier molecular flexibility index (Phi) is 4.11. The molecule has 1 aliphatic rings. The third kappa shape index (κ3) is 2.90. The van der Waals surface area contributed by atoms with Crippen LogP contribution in [-0.2, 0) is 0 Å². The van der Waals surface area contributed by atoms with Gasteiger partial charge in [0.1, 0.15) is 6.07 Å². The summed E-state index contributed by atoms with van der Waals surface area (Å²) in [7, 11) is 0. The minimum absolute atomic E-state index is 0.122. The molecule has 0 aliphatic heterocycles. The van der Waals surface area contributed by atoms with E-state index in [1.165, 1.54) is 6.42 Å². The lowest BCUT2D eigenvalue weighted by Crippen LogP contribution is -2.46. The van der Waals surface area contributed by atoms with Crippen molar-refractivity contribution in [3.8, 4) is 6.07 Å². The van der Waals surface area contributed by atoms with Crippen LogP contribution in [0, 0.1) is 24.2 Å². The number of nitrogens with zero attached hydrogens (tertiary/aromatic N) is 1. The van der Waals surface area contributed by atoms with Crippen LogP contribution in [0.15, 0.2) is 18.2 Å². The number of hydrogen-bond donors (Lipinski definition) is 2. The Labute approximate surface area is 115 Å². The summed E-state index contributed by atoms with van der Waals surface area (Å²) in [6.45, 7) is 4.35. The lowest BCUT2D eigenvalue weighted by Gasteiger charge is -2.40. The minimum atomic E-state index is -0.268. The van der Waals surface area contributed by atoms with Crippen molar-refractivity contribution in [2.75, 3.05) is 11.9 Å². The Balaban J connectivity index is 2.31. The number of nitriles is 1. The van der Waals surface area contributed by atoms with E-state index in [1.54, 1.807) is 0 Å². The maximum atomic E-state index is 9.83. The van der Waals surface area contributed by atoms with Gasteiger partial charge < -0.3 is 10.4 Å². The summed E-state index contributed by atoms with van der Waals surface area (Å²) in [4.78, 5) is 0. The fraction of sp³-hybridized carbons (Fsp3) is 0.562. The van der Waals surface area contributed by atoms with Crippen LogP contribution >= 0.6 is 0 Å². The summed E-state index contributed by atoms with van der Waals surface area (Å²) in [5.74, 6) is 0.614. The van der Waals surface area contributed by atoms with Gasteiger partial charge in [0, 0.05) is 0 Å². The second-order valence-corrected chi connectivity index (χ2v) is 5.87. The zero-order chi connectivity index (χ0) is 13.9. The molecule has 1 aromatic rings. The summed E-state index contributed by atoms with van der Waals surface area (Å²) in [6, 6.07) is 7.96. The van der Waals surface area contributed by atoms with E-state index in [0.29, 0.717) is 11.5 Å². The molecule has 0 radical (unpaired) electrons. The number of nitrogens with one attached hydrogen (secondary N) is 1. The first-order valence-corrected chi connectivity index (χ1v) is 6.99. The number of hydrogen-bond acceptors (Lipinski definition) is 3. The molecule has 0 spiro atoms. The Morgan fingerprint density at radius 1 is 1.53 bits per heavy atom. The molecule has 3 nitrogen and oxygen atoms in total. The van der Waals surface area contributed by atoms with Gasteiger partial charge in [-0.25, -0.2) is 0 Å². The number of aliphatic hydroxyl groups is 1. The average molecular weight is 258 g/mol. The summed E-state index contributed by atoms with van der Waals surface area (Å²) in [5, 5.41) is 22.5. The number of aryl methyl sites for hydroxylation is 1. The molecular weight excluding hydrogens is 236 g/mol. The van der Waals surface area contributed by atoms with E-state index in [2.05, 4.69) is 18.3 Å². The summed E-state index contributed by atoms with van der Waals surface area (Å²) >= 11 is 0. The summed E-state index contributed by atoms with van der Waals surface area (Å²) < 4.78 is 0. The van der Waals surface area contributed by atoms with Crippen LogP contribution in [-0.4, -0.2) is 17.3 Å². The quantitative estimate of drug-likeness (QED) is 0.875. The van der Waals surface area contributed by atoms with Gasteiger partial charge in [-0.3, -0.25) is 0 Å². The van der Waals surface area contributed by atoms with Gasteiger partial charge in [-0.05, 0) is 37.3 Å². The zero-order valence-corrected chi connectivity index (χ0v) is 11.7. The van der Waals surface area contributed by atoms with Crippen LogP contribution in [0.2, 0.25) is 0 Å². The van der Waals surface area contributed by atoms with Crippen LogP contribution in [0.3, 0.4) is 0 Å². The van der Waals surface area contributed by atoms with Crippen LogP contribution in [0.1, 0.15) is 43.7 Å². The van der Waals surface area contributed by atoms with Gasteiger partial charge in [0.2, 0.25) is 0 Å². The Hall–Kier alpha value is -1.53. The van der Waals surface area contributed by atoms with Crippen LogP contribution in [0.25, 0.3) is 0 Å². The minimum Gasteiger partial charge on any atom is -0.394 e. The number of aliphatic hydroxyl groups excluding tert-OH is 1. The van der Waals surface area contributed by atoms with Crippen molar-refractivity contribution < 1.29 is 5.11 Å². The van der Waals surface area contributed by atoms with E-state index in [9.17, 15) is 10.4 Å². The average Bonchev–Trinajstić information content (AvgIpc) is 2.41. The van der Waals surface area contributed by atoms with E-state index in [0.717, 1.165) is 30.5 Å². The Morgan fingerprint density at radius 2 is 2.32 bits per heavy atom. The highest BCUT2D eigenvalue weighted by Gasteiger charge is 2.35. The topological polar surface area (TPSA) is 56.0 Å². The molecule has 3 heteroatoms. The largest absolute Gasteiger partial charge is 0.394 e. The molecule has 0 amide bonds. The first-order chi connectivity index (χ1) is 9.10. The highest BCUT2D eigenvalue weighted by molar-refractivity contribution is 5.63. The zero-order valence-electron chi connectivity index (χ0n) is 11.7. The molecule has 0 saturated heterocycles. The van der Waals surface area contributed by atoms with E-state index in [-0.39, 0.29) is 12.1 Å². The van der Waals surface area contributed by atoms with Gasteiger partial charge >= 0.3 is 0 Å². The number of rotatable bonds is 3. The molecule has 102 valence electrons. The van der Waals surface area contributed by atoms with Gasteiger partial charge in [0.25, 0.3) is 0 Å². The third-order valence-electron chi connectivity index (χ3n) is 4.18. The van der Waals surface area contributed by atoms with E-state index < -0.39 is 0 Å². The van der Waals surface area contributed by atoms with Crippen molar-refractivity contribution in [2.24, 2.45) is 5.92 Å². The molecule has 2 N–H and O–H groups in total.